The van der Waals surface area contributed by atoms with Gasteiger partial charge in [0, 0.05) is 6.54 Å². The number of rotatable bonds is 5. The molecular formula is C17H18N2OS. The van der Waals surface area contributed by atoms with Gasteiger partial charge in [0.1, 0.15) is 5.75 Å². The smallest absolute Gasteiger partial charge is 0.183 e. The average Bonchev–Trinajstić information content (AvgIpc) is 2.90. The van der Waals surface area contributed by atoms with Crippen LogP contribution in [-0.2, 0) is 6.42 Å². The third kappa shape index (κ3) is 3.16. The van der Waals surface area contributed by atoms with E-state index in [2.05, 4.69) is 41.5 Å². The molecule has 1 N–H and O–H groups in total. The van der Waals surface area contributed by atoms with E-state index in [4.69, 9.17) is 4.74 Å². The quantitative estimate of drug-likeness (QED) is 0.764. The van der Waals surface area contributed by atoms with Gasteiger partial charge in [-0.25, -0.2) is 4.98 Å². The Hall–Kier alpha value is -2.07. The summed E-state index contributed by atoms with van der Waals surface area (Å²) in [6.07, 6.45) is 1.01. The van der Waals surface area contributed by atoms with Crippen molar-refractivity contribution in [2.45, 2.75) is 13.3 Å². The first kappa shape index (κ1) is 13.9. The lowest BCUT2D eigenvalue weighted by Gasteiger charge is -2.05. The summed E-state index contributed by atoms with van der Waals surface area (Å²) in [6, 6.07) is 14.5. The van der Waals surface area contributed by atoms with Gasteiger partial charge in [0.15, 0.2) is 5.13 Å². The molecule has 21 heavy (non-hydrogen) atoms. The summed E-state index contributed by atoms with van der Waals surface area (Å²) in [7, 11) is 1.68. The van der Waals surface area contributed by atoms with Gasteiger partial charge in [-0.3, -0.25) is 0 Å². The zero-order chi connectivity index (χ0) is 14.7. The molecule has 2 aromatic carbocycles. The van der Waals surface area contributed by atoms with Crippen LogP contribution in [0.1, 0.15) is 11.1 Å². The van der Waals surface area contributed by atoms with Gasteiger partial charge in [0.05, 0.1) is 17.3 Å². The first-order valence-corrected chi connectivity index (χ1v) is 7.81. The zero-order valence-electron chi connectivity index (χ0n) is 12.2. The molecule has 0 aliphatic rings. The van der Waals surface area contributed by atoms with Gasteiger partial charge in [-0.2, -0.15) is 0 Å². The third-order valence-electron chi connectivity index (χ3n) is 3.53. The van der Waals surface area contributed by atoms with Gasteiger partial charge < -0.3 is 10.1 Å². The van der Waals surface area contributed by atoms with Crippen LogP contribution >= 0.6 is 11.3 Å². The van der Waals surface area contributed by atoms with Gasteiger partial charge in [-0.15, -0.1) is 0 Å². The van der Waals surface area contributed by atoms with Crippen molar-refractivity contribution in [1.29, 1.82) is 0 Å². The second-order valence-electron chi connectivity index (χ2n) is 4.96. The summed E-state index contributed by atoms with van der Waals surface area (Å²) < 4.78 is 6.39. The number of methoxy groups -OCH3 is 1. The van der Waals surface area contributed by atoms with Crippen LogP contribution in [0.4, 0.5) is 5.13 Å². The van der Waals surface area contributed by atoms with E-state index in [1.165, 1.54) is 11.1 Å². The van der Waals surface area contributed by atoms with Crippen LogP contribution in [0.2, 0.25) is 0 Å². The molecule has 3 aromatic rings. The lowest BCUT2D eigenvalue weighted by molar-refractivity contribution is 0.415. The number of benzene rings is 2. The summed E-state index contributed by atoms with van der Waals surface area (Å²) in [5.41, 5.74) is 3.74. The minimum absolute atomic E-state index is 0.873. The highest BCUT2D eigenvalue weighted by atomic mass is 32.1. The Balaban J connectivity index is 1.67. The highest BCUT2D eigenvalue weighted by Gasteiger charge is 2.05. The predicted octanol–water partition coefficient (Wildman–Crippen LogP) is 4.27. The maximum absolute atomic E-state index is 5.24. The van der Waals surface area contributed by atoms with Crippen molar-refractivity contribution >= 4 is 26.7 Å². The number of aryl methyl sites for hydroxylation is 1. The molecule has 0 unspecified atom stereocenters. The van der Waals surface area contributed by atoms with Gasteiger partial charge >= 0.3 is 0 Å². The van der Waals surface area contributed by atoms with Crippen LogP contribution in [0.15, 0.2) is 42.5 Å². The standard InChI is InChI=1S/C17H18N2OS/c1-12-5-3-4-6-13(12)9-10-18-17-19-15-8-7-14(20-2)11-16(15)21-17/h3-8,11H,9-10H2,1-2H3,(H,18,19). The maximum atomic E-state index is 5.24. The van der Waals surface area contributed by atoms with Crippen LogP contribution in [0.25, 0.3) is 10.2 Å². The number of nitrogens with zero attached hydrogens (tertiary/aromatic N) is 1. The highest BCUT2D eigenvalue weighted by molar-refractivity contribution is 7.22. The van der Waals surface area contributed by atoms with Crippen molar-refractivity contribution in [2.75, 3.05) is 19.0 Å². The normalized spacial score (nSPS) is 10.8. The number of thiazole rings is 1. The molecule has 3 rings (SSSR count). The van der Waals surface area contributed by atoms with Crippen molar-refractivity contribution in [1.82, 2.24) is 4.98 Å². The second kappa shape index (κ2) is 6.14. The molecule has 0 amide bonds. The van der Waals surface area contributed by atoms with E-state index >= 15 is 0 Å². The van der Waals surface area contributed by atoms with E-state index in [1.54, 1.807) is 18.4 Å². The van der Waals surface area contributed by atoms with Crippen LogP contribution in [0.3, 0.4) is 0 Å². The number of hydrogen-bond acceptors (Lipinski definition) is 4. The number of fused-ring (bicyclic) bond motifs is 1. The van der Waals surface area contributed by atoms with Crippen LogP contribution < -0.4 is 10.1 Å². The van der Waals surface area contributed by atoms with Crippen LogP contribution in [-0.4, -0.2) is 18.6 Å². The number of ether oxygens (including phenoxy) is 1. The summed E-state index contributed by atoms with van der Waals surface area (Å²) in [5.74, 6) is 0.873. The molecule has 0 saturated carbocycles. The van der Waals surface area contributed by atoms with E-state index in [-0.39, 0.29) is 0 Å². The summed E-state index contributed by atoms with van der Waals surface area (Å²) in [5, 5.41) is 4.38. The minimum atomic E-state index is 0.873. The molecule has 0 atom stereocenters. The molecule has 4 heteroatoms. The SMILES string of the molecule is COc1ccc2nc(NCCc3ccccc3C)sc2c1. The minimum Gasteiger partial charge on any atom is -0.497 e. The Morgan fingerprint density at radius 1 is 1.19 bits per heavy atom. The fourth-order valence-electron chi connectivity index (χ4n) is 2.30. The Labute approximate surface area is 128 Å². The first-order chi connectivity index (χ1) is 10.3. The fraction of sp³-hybridized carbons (Fsp3) is 0.235. The molecule has 1 heterocycles. The van der Waals surface area contributed by atoms with Crippen molar-refractivity contribution in [3.8, 4) is 5.75 Å². The summed E-state index contributed by atoms with van der Waals surface area (Å²) in [6.45, 7) is 3.04. The van der Waals surface area contributed by atoms with E-state index in [9.17, 15) is 0 Å². The number of anilines is 1. The monoisotopic (exact) mass is 298 g/mol. The van der Waals surface area contributed by atoms with Crippen molar-refractivity contribution in [3.63, 3.8) is 0 Å². The van der Waals surface area contributed by atoms with E-state index in [0.29, 0.717) is 0 Å². The van der Waals surface area contributed by atoms with Crippen molar-refractivity contribution in [2.24, 2.45) is 0 Å². The van der Waals surface area contributed by atoms with Crippen molar-refractivity contribution < 1.29 is 4.74 Å². The maximum Gasteiger partial charge on any atom is 0.183 e. The molecule has 0 spiro atoms. The molecule has 3 nitrogen and oxygen atoms in total. The van der Waals surface area contributed by atoms with E-state index in [0.717, 1.165) is 34.1 Å². The Morgan fingerprint density at radius 3 is 2.86 bits per heavy atom. The van der Waals surface area contributed by atoms with Gasteiger partial charge in [0.25, 0.3) is 0 Å². The topological polar surface area (TPSA) is 34.1 Å². The zero-order valence-corrected chi connectivity index (χ0v) is 13.0. The van der Waals surface area contributed by atoms with E-state index in [1.807, 2.05) is 18.2 Å². The molecule has 0 bridgehead atoms. The molecule has 108 valence electrons. The number of nitrogens with one attached hydrogen (secondary N) is 1. The van der Waals surface area contributed by atoms with Crippen LogP contribution in [0.5, 0.6) is 5.75 Å². The molecule has 0 radical (unpaired) electrons. The molecular weight excluding hydrogens is 280 g/mol. The molecule has 0 saturated heterocycles. The van der Waals surface area contributed by atoms with Gasteiger partial charge in [0.2, 0.25) is 0 Å². The largest absolute Gasteiger partial charge is 0.497 e. The first-order valence-electron chi connectivity index (χ1n) is 6.99. The van der Waals surface area contributed by atoms with Crippen molar-refractivity contribution in [3.05, 3.63) is 53.6 Å². The molecule has 0 aliphatic heterocycles. The fourth-order valence-corrected chi connectivity index (χ4v) is 3.22. The predicted molar refractivity (Wildman–Crippen MR) is 89.5 cm³/mol. The highest BCUT2D eigenvalue weighted by Crippen LogP contribution is 2.29. The number of aromatic nitrogens is 1. The molecule has 0 aliphatic carbocycles. The van der Waals surface area contributed by atoms with Gasteiger partial charge in [-0.05, 0) is 42.7 Å². The Bertz CT molecular complexity index is 751. The Morgan fingerprint density at radius 2 is 2.05 bits per heavy atom. The lowest BCUT2D eigenvalue weighted by Crippen LogP contribution is -2.05. The second-order valence-corrected chi connectivity index (χ2v) is 5.99. The number of hydrogen-bond donors (Lipinski definition) is 1. The summed E-state index contributed by atoms with van der Waals surface area (Å²) in [4.78, 5) is 4.59. The average molecular weight is 298 g/mol. The van der Waals surface area contributed by atoms with Crippen LogP contribution in [0, 0.1) is 6.92 Å². The summed E-state index contributed by atoms with van der Waals surface area (Å²) >= 11 is 1.66. The van der Waals surface area contributed by atoms with E-state index < -0.39 is 0 Å². The molecule has 0 fully saturated rings. The molecule has 1 aromatic heterocycles. The third-order valence-corrected chi connectivity index (χ3v) is 4.50. The lowest BCUT2D eigenvalue weighted by atomic mass is 10.1. The van der Waals surface area contributed by atoms with Gasteiger partial charge in [-0.1, -0.05) is 35.6 Å². The Kier molecular flexibility index (Phi) is 4.06.